The van der Waals surface area contributed by atoms with Gasteiger partial charge in [-0.1, -0.05) is 41.4 Å². The predicted molar refractivity (Wildman–Crippen MR) is 115 cm³/mol. The fourth-order valence-electron chi connectivity index (χ4n) is 2.81. The third-order valence-corrected chi connectivity index (χ3v) is 4.73. The molecule has 0 saturated carbocycles. The summed E-state index contributed by atoms with van der Waals surface area (Å²) in [5, 5.41) is 11.9. The van der Waals surface area contributed by atoms with E-state index < -0.39 is 5.91 Å². The molecule has 2 aromatic heterocycles. The molecule has 1 N–H and O–H groups in total. The predicted octanol–water partition coefficient (Wildman–Crippen LogP) is 4.86. The Bertz CT molecular complexity index is 1220. The third-order valence-electron chi connectivity index (χ3n) is 4.22. The highest BCUT2D eigenvalue weighted by molar-refractivity contribution is 6.33. The molecular formula is C21H16Cl2FN5O2. The van der Waals surface area contributed by atoms with Gasteiger partial charge in [-0.15, -0.1) is 0 Å². The first-order chi connectivity index (χ1) is 15.0. The van der Waals surface area contributed by atoms with Gasteiger partial charge in [0.25, 0.3) is 5.91 Å². The van der Waals surface area contributed by atoms with Crippen LogP contribution >= 0.6 is 23.2 Å². The SMILES string of the molecule is O=C(Nc1nn(Cc2cccc(F)c2)cc1Cl)c1ccn(COc2cccc(Cl)c2)n1. The fourth-order valence-corrected chi connectivity index (χ4v) is 3.19. The summed E-state index contributed by atoms with van der Waals surface area (Å²) in [4.78, 5) is 12.5. The average molecular weight is 460 g/mol. The van der Waals surface area contributed by atoms with Gasteiger partial charge in [0.05, 0.1) is 6.54 Å². The van der Waals surface area contributed by atoms with Crippen molar-refractivity contribution >= 4 is 34.9 Å². The van der Waals surface area contributed by atoms with Crippen molar-refractivity contribution in [3.63, 3.8) is 0 Å². The van der Waals surface area contributed by atoms with Gasteiger partial charge >= 0.3 is 0 Å². The fraction of sp³-hybridized carbons (Fsp3) is 0.0952. The van der Waals surface area contributed by atoms with Gasteiger partial charge in [-0.3, -0.25) is 9.48 Å². The smallest absolute Gasteiger partial charge is 0.277 e. The number of halogens is 3. The average Bonchev–Trinajstić information content (AvgIpc) is 3.33. The Labute approximate surface area is 187 Å². The van der Waals surface area contributed by atoms with E-state index in [-0.39, 0.29) is 29.1 Å². The second-order valence-corrected chi connectivity index (χ2v) is 7.42. The molecule has 1 amide bonds. The van der Waals surface area contributed by atoms with Crippen molar-refractivity contribution in [1.82, 2.24) is 19.6 Å². The van der Waals surface area contributed by atoms with E-state index in [9.17, 15) is 9.18 Å². The van der Waals surface area contributed by atoms with Gasteiger partial charge in [-0.25, -0.2) is 9.07 Å². The number of ether oxygens (including phenoxy) is 1. The molecule has 4 rings (SSSR count). The molecule has 0 aliphatic heterocycles. The molecule has 2 heterocycles. The van der Waals surface area contributed by atoms with Crippen LogP contribution in [0.15, 0.2) is 67.0 Å². The van der Waals surface area contributed by atoms with Gasteiger partial charge in [0, 0.05) is 17.4 Å². The van der Waals surface area contributed by atoms with E-state index in [1.165, 1.54) is 21.5 Å². The molecule has 0 fully saturated rings. The van der Waals surface area contributed by atoms with E-state index >= 15 is 0 Å². The third kappa shape index (κ3) is 5.42. The Morgan fingerprint density at radius 2 is 1.90 bits per heavy atom. The molecule has 0 saturated heterocycles. The van der Waals surface area contributed by atoms with Gasteiger partial charge in [0.15, 0.2) is 18.2 Å². The normalized spacial score (nSPS) is 10.8. The number of amides is 1. The van der Waals surface area contributed by atoms with Gasteiger partial charge in [0.2, 0.25) is 0 Å². The minimum absolute atomic E-state index is 0.108. The van der Waals surface area contributed by atoms with Gasteiger partial charge in [-0.2, -0.15) is 10.2 Å². The van der Waals surface area contributed by atoms with E-state index in [1.807, 2.05) is 0 Å². The minimum Gasteiger partial charge on any atom is -0.471 e. The number of carbonyl (C=O) groups is 1. The van der Waals surface area contributed by atoms with E-state index in [4.69, 9.17) is 27.9 Å². The summed E-state index contributed by atoms with van der Waals surface area (Å²) < 4.78 is 21.9. The van der Waals surface area contributed by atoms with Crippen molar-refractivity contribution in [1.29, 1.82) is 0 Å². The lowest BCUT2D eigenvalue weighted by atomic mass is 10.2. The molecule has 158 valence electrons. The summed E-state index contributed by atoms with van der Waals surface area (Å²) in [5.41, 5.74) is 0.890. The molecule has 0 bridgehead atoms. The van der Waals surface area contributed by atoms with E-state index in [2.05, 4.69) is 15.5 Å². The Kier molecular flexibility index (Phi) is 6.20. The molecule has 4 aromatic rings. The monoisotopic (exact) mass is 459 g/mol. The van der Waals surface area contributed by atoms with Crippen LogP contribution in [0.5, 0.6) is 5.75 Å². The van der Waals surface area contributed by atoms with E-state index in [1.54, 1.807) is 54.9 Å². The number of carbonyl (C=O) groups excluding carboxylic acids is 1. The van der Waals surface area contributed by atoms with E-state index in [0.717, 1.165) is 5.56 Å². The Hall–Kier alpha value is -3.36. The Morgan fingerprint density at radius 3 is 2.71 bits per heavy atom. The summed E-state index contributed by atoms with van der Waals surface area (Å²) in [5.74, 6) is -0.0314. The molecular weight excluding hydrogens is 444 g/mol. The van der Waals surface area contributed by atoms with Crippen molar-refractivity contribution < 1.29 is 13.9 Å². The van der Waals surface area contributed by atoms with Gasteiger partial charge in [0.1, 0.15) is 16.6 Å². The highest BCUT2D eigenvalue weighted by atomic mass is 35.5. The minimum atomic E-state index is -0.473. The van der Waals surface area contributed by atoms with Crippen LogP contribution in [0.1, 0.15) is 16.1 Å². The van der Waals surface area contributed by atoms with Crippen LogP contribution in [0.4, 0.5) is 10.2 Å². The highest BCUT2D eigenvalue weighted by Gasteiger charge is 2.15. The van der Waals surface area contributed by atoms with Crippen LogP contribution in [0.2, 0.25) is 10.0 Å². The molecule has 0 radical (unpaired) electrons. The van der Waals surface area contributed by atoms with Crippen molar-refractivity contribution in [2.45, 2.75) is 13.3 Å². The summed E-state index contributed by atoms with van der Waals surface area (Å²) >= 11 is 12.1. The molecule has 7 nitrogen and oxygen atoms in total. The first-order valence-electron chi connectivity index (χ1n) is 9.17. The Morgan fingerprint density at radius 1 is 1.06 bits per heavy atom. The van der Waals surface area contributed by atoms with Crippen LogP contribution < -0.4 is 10.1 Å². The number of nitrogens with one attached hydrogen (secondary N) is 1. The summed E-state index contributed by atoms with van der Waals surface area (Å²) in [6, 6.07) is 14.7. The zero-order valence-electron chi connectivity index (χ0n) is 16.0. The number of rotatable bonds is 7. The van der Waals surface area contributed by atoms with Crippen LogP contribution in [0, 0.1) is 5.82 Å². The maximum Gasteiger partial charge on any atom is 0.277 e. The topological polar surface area (TPSA) is 74.0 Å². The van der Waals surface area contributed by atoms with Crippen molar-refractivity contribution in [3.05, 3.63) is 94.1 Å². The zero-order chi connectivity index (χ0) is 21.8. The maximum absolute atomic E-state index is 13.3. The lowest BCUT2D eigenvalue weighted by Crippen LogP contribution is -2.15. The number of benzene rings is 2. The van der Waals surface area contributed by atoms with E-state index in [0.29, 0.717) is 17.3 Å². The number of hydrogen-bond acceptors (Lipinski definition) is 4. The van der Waals surface area contributed by atoms with Crippen LogP contribution in [0.25, 0.3) is 0 Å². The molecule has 0 aliphatic carbocycles. The molecule has 10 heteroatoms. The first-order valence-corrected chi connectivity index (χ1v) is 9.92. The van der Waals surface area contributed by atoms with Gasteiger partial charge < -0.3 is 10.1 Å². The number of nitrogens with zero attached hydrogens (tertiary/aromatic N) is 4. The van der Waals surface area contributed by atoms with Gasteiger partial charge in [-0.05, 0) is 42.0 Å². The van der Waals surface area contributed by atoms with Crippen LogP contribution in [-0.2, 0) is 13.3 Å². The second-order valence-electron chi connectivity index (χ2n) is 6.58. The lowest BCUT2D eigenvalue weighted by molar-refractivity contribution is 0.101. The number of anilines is 1. The molecule has 2 aromatic carbocycles. The lowest BCUT2D eigenvalue weighted by Gasteiger charge is -2.06. The summed E-state index contributed by atoms with van der Waals surface area (Å²) in [6.07, 6.45) is 3.17. The van der Waals surface area contributed by atoms with Crippen LogP contribution in [0.3, 0.4) is 0 Å². The molecule has 0 aliphatic rings. The number of aromatic nitrogens is 4. The second kappa shape index (κ2) is 9.20. The first kappa shape index (κ1) is 20.9. The van der Waals surface area contributed by atoms with Crippen molar-refractivity contribution in [2.75, 3.05) is 5.32 Å². The van der Waals surface area contributed by atoms with Crippen molar-refractivity contribution in [3.8, 4) is 5.75 Å². The quantitative estimate of drug-likeness (QED) is 0.428. The number of hydrogen-bond donors (Lipinski definition) is 1. The molecule has 0 spiro atoms. The van der Waals surface area contributed by atoms with Crippen molar-refractivity contribution in [2.24, 2.45) is 0 Å². The molecule has 0 atom stereocenters. The summed E-state index contributed by atoms with van der Waals surface area (Å²) in [7, 11) is 0. The molecule has 0 unspecified atom stereocenters. The maximum atomic E-state index is 13.3. The summed E-state index contributed by atoms with van der Waals surface area (Å²) in [6.45, 7) is 0.416. The van der Waals surface area contributed by atoms with Crippen LogP contribution in [-0.4, -0.2) is 25.5 Å². The molecule has 31 heavy (non-hydrogen) atoms. The largest absolute Gasteiger partial charge is 0.471 e. The Balaban J connectivity index is 1.38. The highest BCUT2D eigenvalue weighted by Crippen LogP contribution is 2.21. The zero-order valence-corrected chi connectivity index (χ0v) is 17.5. The standard InChI is InChI=1S/C21H16Cl2FN5O2/c22-15-4-2-6-17(10-15)31-13-28-8-7-19(26-28)21(30)25-20-18(23)12-29(27-20)11-14-3-1-5-16(24)9-14/h1-10,12H,11,13H2,(H,25,27,30).